The van der Waals surface area contributed by atoms with Gasteiger partial charge < -0.3 is 15.5 Å². The summed E-state index contributed by atoms with van der Waals surface area (Å²) in [6, 6.07) is 10.9. The highest BCUT2D eigenvalue weighted by Crippen LogP contribution is 2.35. The Morgan fingerprint density at radius 1 is 1.06 bits per heavy atom. The number of pyridine rings is 1. The lowest BCUT2D eigenvalue weighted by atomic mass is 9.83. The lowest BCUT2D eigenvalue weighted by Gasteiger charge is -2.35. The summed E-state index contributed by atoms with van der Waals surface area (Å²) in [6.07, 6.45) is 8.94. The van der Waals surface area contributed by atoms with E-state index in [4.69, 9.17) is 0 Å². The van der Waals surface area contributed by atoms with Gasteiger partial charge in [-0.25, -0.2) is 4.98 Å². The standard InChI is InChI=1S/C27H35N7O2/c1-18(28-2)26(35)30-25(19-9-4-3-5-10-19)27(36)33-16-8-13-22(33)20-14-15-29-24(17-20)34-23-12-7-6-11-21(23)31-32-34/h6-7,11-12,14-15,17-19,22,25,28H,3-5,8-10,13,16H2,1-2H3,(H,30,35)/t18?,22?,25-/m0/s1. The van der Waals surface area contributed by atoms with E-state index in [0.717, 1.165) is 55.1 Å². The predicted octanol–water partition coefficient (Wildman–Crippen LogP) is 3.15. The first-order valence-electron chi connectivity index (χ1n) is 13.1. The number of fused-ring (bicyclic) bond motifs is 1. The predicted molar refractivity (Wildman–Crippen MR) is 137 cm³/mol. The maximum atomic E-state index is 14.0. The van der Waals surface area contributed by atoms with Gasteiger partial charge in [0.1, 0.15) is 11.6 Å². The van der Waals surface area contributed by atoms with Crippen LogP contribution >= 0.6 is 0 Å². The Morgan fingerprint density at radius 2 is 1.86 bits per heavy atom. The molecule has 0 spiro atoms. The largest absolute Gasteiger partial charge is 0.343 e. The molecule has 2 unspecified atom stereocenters. The molecular weight excluding hydrogens is 454 g/mol. The second-order valence-electron chi connectivity index (χ2n) is 10.0. The SMILES string of the molecule is CNC(C)C(=O)N[C@H](C(=O)N1CCCC1c1ccnc(-n2nnc3ccccc32)c1)C1CCCCC1. The van der Waals surface area contributed by atoms with E-state index in [-0.39, 0.29) is 29.8 Å². The molecule has 36 heavy (non-hydrogen) atoms. The van der Waals surface area contributed by atoms with Crippen LogP contribution in [0.25, 0.3) is 16.9 Å². The van der Waals surface area contributed by atoms with Crippen LogP contribution in [-0.2, 0) is 9.59 Å². The van der Waals surface area contributed by atoms with Crippen LogP contribution in [0.1, 0.15) is 63.5 Å². The molecule has 3 aromatic rings. The first-order chi connectivity index (χ1) is 17.6. The number of likely N-dealkylation sites (N-methyl/N-ethyl adjacent to an activating group) is 1. The molecule has 1 aliphatic heterocycles. The molecule has 2 fully saturated rings. The Kier molecular flexibility index (Phi) is 7.27. The van der Waals surface area contributed by atoms with Crippen LogP contribution in [0.4, 0.5) is 0 Å². The van der Waals surface area contributed by atoms with Crippen molar-refractivity contribution in [2.75, 3.05) is 13.6 Å². The van der Waals surface area contributed by atoms with E-state index in [1.54, 1.807) is 17.9 Å². The average molecular weight is 490 g/mol. The number of benzene rings is 1. The Balaban J connectivity index is 1.41. The summed E-state index contributed by atoms with van der Waals surface area (Å²) in [5, 5.41) is 14.7. The van der Waals surface area contributed by atoms with E-state index in [1.165, 1.54) is 6.42 Å². The van der Waals surface area contributed by atoms with Gasteiger partial charge in [-0.15, -0.1) is 5.10 Å². The maximum Gasteiger partial charge on any atom is 0.245 e. The van der Waals surface area contributed by atoms with E-state index in [9.17, 15) is 9.59 Å². The number of hydrogen-bond donors (Lipinski definition) is 2. The molecule has 5 rings (SSSR count). The molecule has 2 N–H and O–H groups in total. The highest BCUT2D eigenvalue weighted by atomic mass is 16.2. The van der Waals surface area contributed by atoms with Crippen LogP contribution in [0, 0.1) is 5.92 Å². The van der Waals surface area contributed by atoms with Crippen molar-refractivity contribution in [1.29, 1.82) is 0 Å². The van der Waals surface area contributed by atoms with Crippen molar-refractivity contribution < 1.29 is 9.59 Å². The monoisotopic (exact) mass is 489 g/mol. The van der Waals surface area contributed by atoms with Gasteiger partial charge in [-0.3, -0.25) is 9.59 Å². The Bertz CT molecular complexity index is 1220. The zero-order valence-electron chi connectivity index (χ0n) is 21.1. The minimum atomic E-state index is -0.491. The van der Waals surface area contributed by atoms with Gasteiger partial charge in [-0.1, -0.05) is 36.6 Å². The molecule has 2 amide bonds. The number of para-hydroxylation sites is 1. The lowest BCUT2D eigenvalue weighted by Crippen LogP contribution is -2.55. The van der Waals surface area contributed by atoms with Crippen LogP contribution < -0.4 is 10.6 Å². The van der Waals surface area contributed by atoms with E-state index in [2.05, 4.69) is 25.9 Å². The first-order valence-corrected chi connectivity index (χ1v) is 13.1. The molecule has 9 nitrogen and oxygen atoms in total. The molecule has 2 aliphatic rings. The van der Waals surface area contributed by atoms with Crippen molar-refractivity contribution in [3.63, 3.8) is 0 Å². The van der Waals surface area contributed by atoms with Gasteiger partial charge in [0, 0.05) is 12.7 Å². The van der Waals surface area contributed by atoms with Crippen molar-refractivity contribution in [1.82, 2.24) is 35.5 Å². The Morgan fingerprint density at radius 3 is 2.67 bits per heavy atom. The number of nitrogens with zero attached hydrogens (tertiary/aromatic N) is 5. The smallest absolute Gasteiger partial charge is 0.245 e. The Labute approximate surface area is 211 Å². The first kappa shape index (κ1) is 24.4. The molecule has 2 aromatic heterocycles. The number of carbonyl (C=O) groups is 2. The quantitative estimate of drug-likeness (QED) is 0.528. The summed E-state index contributed by atoms with van der Waals surface area (Å²) in [7, 11) is 1.76. The topological polar surface area (TPSA) is 105 Å². The molecule has 0 bridgehead atoms. The van der Waals surface area contributed by atoms with Crippen LogP contribution in [0.15, 0.2) is 42.6 Å². The summed E-state index contributed by atoms with van der Waals surface area (Å²) >= 11 is 0. The van der Waals surface area contributed by atoms with Gasteiger partial charge in [0.15, 0.2) is 5.82 Å². The molecular formula is C27H35N7O2. The van der Waals surface area contributed by atoms with Crippen molar-refractivity contribution in [3.8, 4) is 5.82 Å². The third-order valence-corrected chi connectivity index (χ3v) is 7.77. The van der Waals surface area contributed by atoms with Crippen LogP contribution in [0.2, 0.25) is 0 Å². The minimum absolute atomic E-state index is 0.0330. The van der Waals surface area contributed by atoms with E-state index in [1.807, 2.05) is 48.2 Å². The third-order valence-electron chi connectivity index (χ3n) is 7.77. The van der Waals surface area contributed by atoms with Crippen LogP contribution in [0.3, 0.4) is 0 Å². The highest BCUT2D eigenvalue weighted by Gasteiger charge is 2.39. The third kappa shape index (κ3) is 4.84. The fourth-order valence-corrected chi connectivity index (χ4v) is 5.61. The molecule has 1 aromatic carbocycles. The van der Waals surface area contributed by atoms with E-state index >= 15 is 0 Å². The van der Waals surface area contributed by atoms with Crippen LogP contribution in [0.5, 0.6) is 0 Å². The number of amides is 2. The molecule has 3 heterocycles. The van der Waals surface area contributed by atoms with Crippen LogP contribution in [-0.4, -0.2) is 62.4 Å². The number of rotatable bonds is 7. The minimum Gasteiger partial charge on any atom is -0.343 e. The molecule has 190 valence electrons. The summed E-state index contributed by atoms with van der Waals surface area (Å²) in [5.74, 6) is 0.766. The van der Waals surface area contributed by atoms with Gasteiger partial charge in [-0.2, -0.15) is 4.68 Å². The molecule has 9 heteroatoms. The van der Waals surface area contributed by atoms with Gasteiger partial charge in [-0.05, 0) is 75.4 Å². The second kappa shape index (κ2) is 10.7. The highest BCUT2D eigenvalue weighted by molar-refractivity contribution is 5.90. The van der Waals surface area contributed by atoms with E-state index in [0.29, 0.717) is 12.4 Å². The maximum absolute atomic E-state index is 14.0. The summed E-state index contributed by atoms with van der Waals surface area (Å²) < 4.78 is 1.74. The van der Waals surface area contributed by atoms with Crippen molar-refractivity contribution in [3.05, 3.63) is 48.2 Å². The van der Waals surface area contributed by atoms with Crippen molar-refractivity contribution in [2.45, 2.75) is 70.0 Å². The number of carbonyl (C=O) groups excluding carboxylic acids is 2. The lowest BCUT2D eigenvalue weighted by molar-refractivity contribution is -0.139. The van der Waals surface area contributed by atoms with Gasteiger partial charge in [0.25, 0.3) is 0 Å². The van der Waals surface area contributed by atoms with Gasteiger partial charge in [0.05, 0.1) is 17.6 Å². The summed E-state index contributed by atoms with van der Waals surface area (Å²) in [5.41, 5.74) is 2.73. The Hall–Kier alpha value is -3.33. The molecule has 1 saturated carbocycles. The van der Waals surface area contributed by atoms with Gasteiger partial charge >= 0.3 is 0 Å². The van der Waals surface area contributed by atoms with Crippen molar-refractivity contribution in [2.24, 2.45) is 5.92 Å². The average Bonchev–Trinajstić information content (AvgIpc) is 3.59. The fraction of sp³-hybridized carbons (Fsp3) is 0.519. The number of nitrogens with one attached hydrogen (secondary N) is 2. The fourth-order valence-electron chi connectivity index (χ4n) is 5.61. The normalized spacial score (nSPS) is 20.4. The van der Waals surface area contributed by atoms with Gasteiger partial charge in [0.2, 0.25) is 11.8 Å². The number of hydrogen-bond acceptors (Lipinski definition) is 6. The number of aromatic nitrogens is 4. The number of likely N-dealkylation sites (tertiary alicyclic amines) is 1. The molecule has 0 radical (unpaired) electrons. The molecule has 1 aliphatic carbocycles. The zero-order valence-corrected chi connectivity index (χ0v) is 21.1. The summed E-state index contributed by atoms with van der Waals surface area (Å²) in [6.45, 7) is 2.51. The second-order valence-corrected chi connectivity index (χ2v) is 10.0. The molecule has 3 atom stereocenters. The van der Waals surface area contributed by atoms with E-state index < -0.39 is 6.04 Å². The zero-order chi connectivity index (χ0) is 25.1. The summed E-state index contributed by atoms with van der Waals surface area (Å²) in [4.78, 5) is 33.3. The molecule has 1 saturated heterocycles. The van der Waals surface area contributed by atoms with Crippen molar-refractivity contribution >= 4 is 22.8 Å².